The SMILES string of the molecule is COc1cccnc1C(=O)C1(C)CCCS1. The van der Waals surface area contributed by atoms with Crippen molar-refractivity contribution in [3.63, 3.8) is 0 Å². The molecule has 1 aliphatic heterocycles. The summed E-state index contributed by atoms with van der Waals surface area (Å²) < 4.78 is 4.86. The van der Waals surface area contributed by atoms with Gasteiger partial charge < -0.3 is 4.74 Å². The number of carbonyl (C=O) groups is 1. The molecule has 1 aromatic rings. The van der Waals surface area contributed by atoms with E-state index in [0.29, 0.717) is 11.4 Å². The van der Waals surface area contributed by atoms with Crippen LogP contribution >= 0.6 is 11.8 Å². The molecule has 2 heterocycles. The number of nitrogens with zero attached hydrogens (tertiary/aromatic N) is 1. The molecule has 0 amide bonds. The van der Waals surface area contributed by atoms with Gasteiger partial charge in [-0.2, -0.15) is 0 Å². The summed E-state index contributed by atoms with van der Waals surface area (Å²) in [5.41, 5.74) is 0.460. The number of hydrogen-bond donors (Lipinski definition) is 0. The van der Waals surface area contributed by atoms with E-state index in [1.807, 2.05) is 6.92 Å². The Balaban J connectivity index is 2.33. The van der Waals surface area contributed by atoms with Crippen molar-refractivity contribution >= 4 is 17.5 Å². The molecule has 1 saturated heterocycles. The second-order valence-corrected chi connectivity index (χ2v) is 5.66. The van der Waals surface area contributed by atoms with E-state index in [9.17, 15) is 4.79 Å². The van der Waals surface area contributed by atoms with Gasteiger partial charge in [-0.3, -0.25) is 4.79 Å². The van der Waals surface area contributed by atoms with E-state index < -0.39 is 0 Å². The monoisotopic (exact) mass is 237 g/mol. The summed E-state index contributed by atoms with van der Waals surface area (Å²) in [5.74, 6) is 1.71. The Morgan fingerprint density at radius 3 is 3.06 bits per heavy atom. The molecule has 0 bridgehead atoms. The van der Waals surface area contributed by atoms with Crippen molar-refractivity contribution in [1.29, 1.82) is 0 Å². The highest BCUT2D eigenvalue weighted by atomic mass is 32.2. The number of aromatic nitrogens is 1. The first-order valence-corrected chi connectivity index (χ1v) is 6.34. The smallest absolute Gasteiger partial charge is 0.200 e. The summed E-state index contributed by atoms with van der Waals surface area (Å²) in [6.45, 7) is 2.00. The Morgan fingerprint density at radius 2 is 2.44 bits per heavy atom. The average Bonchev–Trinajstić information content (AvgIpc) is 2.76. The first kappa shape index (κ1) is 11.5. The number of rotatable bonds is 3. The third-order valence-electron chi connectivity index (χ3n) is 2.90. The fourth-order valence-corrected chi connectivity index (χ4v) is 3.19. The van der Waals surface area contributed by atoms with Gasteiger partial charge in [-0.05, 0) is 37.7 Å². The molecule has 1 aromatic heterocycles. The quantitative estimate of drug-likeness (QED) is 0.757. The van der Waals surface area contributed by atoms with Gasteiger partial charge in [0.05, 0.1) is 11.9 Å². The lowest BCUT2D eigenvalue weighted by atomic mass is 9.97. The van der Waals surface area contributed by atoms with Crippen molar-refractivity contribution in [2.24, 2.45) is 0 Å². The molecule has 0 N–H and O–H groups in total. The van der Waals surface area contributed by atoms with E-state index in [1.54, 1.807) is 37.2 Å². The number of ether oxygens (including phenoxy) is 1. The van der Waals surface area contributed by atoms with Crippen molar-refractivity contribution in [3.8, 4) is 5.75 Å². The highest BCUT2D eigenvalue weighted by Crippen LogP contribution is 2.41. The summed E-state index contributed by atoms with van der Waals surface area (Å²) >= 11 is 1.72. The van der Waals surface area contributed by atoms with E-state index >= 15 is 0 Å². The highest BCUT2D eigenvalue weighted by Gasteiger charge is 2.39. The van der Waals surface area contributed by atoms with Crippen LogP contribution in [0.3, 0.4) is 0 Å². The van der Waals surface area contributed by atoms with Crippen LogP contribution in [0.1, 0.15) is 30.3 Å². The molecule has 0 saturated carbocycles. The standard InChI is InChI=1S/C12H15NO2S/c1-12(6-4-8-16-12)11(14)10-9(15-2)5-3-7-13-10/h3,5,7H,4,6,8H2,1-2H3. The number of hydrogen-bond acceptors (Lipinski definition) is 4. The van der Waals surface area contributed by atoms with Gasteiger partial charge in [0.25, 0.3) is 0 Å². The first-order chi connectivity index (χ1) is 7.67. The lowest BCUT2D eigenvalue weighted by molar-refractivity contribution is 0.0940. The number of thioether (sulfide) groups is 1. The van der Waals surface area contributed by atoms with Crippen LogP contribution in [0.25, 0.3) is 0 Å². The predicted octanol–water partition coefficient (Wildman–Crippen LogP) is 2.56. The van der Waals surface area contributed by atoms with Crippen LogP contribution < -0.4 is 4.74 Å². The molecule has 1 fully saturated rings. The zero-order chi connectivity index (χ0) is 11.6. The largest absolute Gasteiger partial charge is 0.494 e. The van der Waals surface area contributed by atoms with Gasteiger partial charge in [0.2, 0.25) is 5.78 Å². The molecular formula is C12H15NO2S. The van der Waals surface area contributed by atoms with Crippen LogP contribution in [0.15, 0.2) is 18.3 Å². The van der Waals surface area contributed by atoms with Gasteiger partial charge in [-0.1, -0.05) is 0 Å². The topological polar surface area (TPSA) is 39.2 Å². The molecule has 16 heavy (non-hydrogen) atoms. The number of Topliss-reactive ketones (excluding diaryl/α,β-unsaturated/α-hetero) is 1. The summed E-state index contributed by atoms with van der Waals surface area (Å²) in [4.78, 5) is 16.5. The lowest BCUT2D eigenvalue weighted by Crippen LogP contribution is -2.29. The van der Waals surface area contributed by atoms with Crippen molar-refractivity contribution in [2.75, 3.05) is 12.9 Å². The Labute approximate surface area is 99.6 Å². The summed E-state index contributed by atoms with van der Waals surface area (Å²) in [7, 11) is 1.57. The molecule has 1 unspecified atom stereocenters. The minimum absolute atomic E-state index is 0.0902. The minimum Gasteiger partial charge on any atom is -0.494 e. The highest BCUT2D eigenvalue weighted by molar-refractivity contribution is 8.01. The van der Waals surface area contributed by atoms with Crippen LogP contribution in [0.5, 0.6) is 5.75 Å². The van der Waals surface area contributed by atoms with Crippen molar-refractivity contribution in [2.45, 2.75) is 24.5 Å². The van der Waals surface area contributed by atoms with Gasteiger partial charge in [0, 0.05) is 6.20 Å². The van der Waals surface area contributed by atoms with E-state index in [2.05, 4.69) is 4.98 Å². The third kappa shape index (κ3) is 1.94. The molecule has 4 heteroatoms. The molecule has 0 aliphatic carbocycles. The molecule has 2 rings (SSSR count). The summed E-state index contributed by atoms with van der Waals surface area (Å²) in [6, 6.07) is 3.56. The normalized spacial score (nSPS) is 24.4. The maximum Gasteiger partial charge on any atom is 0.200 e. The molecule has 1 aliphatic rings. The van der Waals surface area contributed by atoms with Crippen LogP contribution in [-0.4, -0.2) is 28.4 Å². The summed E-state index contributed by atoms with van der Waals surface area (Å²) in [5, 5.41) is 0. The molecule has 0 aromatic carbocycles. The third-order valence-corrected chi connectivity index (χ3v) is 4.42. The summed E-state index contributed by atoms with van der Waals surface area (Å²) in [6.07, 6.45) is 3.66. The van der Waals surface area contributed by atoms with Gasteiger partial charge in [0.1, 0.15) is 11.4 Å². The number of carbonyl (C=O) groups excluding carboxylic acids is 1. The molecule has 0 spiro atoms. The number of ketones is 1. The van der Waals surface area contributed by atoms with Crippen LogP contribution in [0.2, 0.25) is 0 Å². The zero-order valence-electron chi connectivity index (χ0n) is 9.53. The van der Waals surface area contributed by atoms with Gasteiger partial charge >= 0.3 is 0 Å². The number of pyridine rings is 1. The van der Waals surface area contributed by atoms with E-state index in [0.717, 1.165) is 18.6 Å². The second kappa shape index (κ2) is 4.45. The van der Waals surface area contributed by atoms with Gasteiger partial charge in [0.15, 0.2) is 0 Å². The number of methoxy groups -OCH3 is 1. The van der Waals surface area contributed by atoms with Crippen molar-refractivity contribution in [3.05, 3.63) is 24.0 Å². The average molecular weight is 237 g/mol. The van der Waals surface area contributed by atoms with Crippen molar-refractivity contribution < 1.29 is 9.53 Å². The fraction of sp³-hybridized carbons (Fsp3) is 0.500. The Morgan fingerprint density at radius 1 is 1.62 bits per heavy atom. The van der Waals surface area contributed by atoms with Gasteiger partial charge in [-0.25, -0.2) is 4.98 Å². The maximum absolute atomic E-state index is 12.4. The maximum atomic E-state index is 12.4. The molecule has 0 radical (unpaired) electrons. The van der Waals surface area contributed by atoms with E-state index in [-0.39, 0.29) is 10.5 Å². The van der Waals surface area contributed by atoms with E-state index in [1.165, 1.54) is 0 Å². The Hall–Kier alpha value is -1.03. The van der Waals surface area contributed by atoms with Crippen LogP contribution in [0.4, 0.5) is 0 Å². The van der Waals surface area contributed by atoms with Crippen LogP contribution in [0, 0.1) is 0 Å². The van der Waals surface area contributed by atoms with Crippen LogP contribution in [-0.2, 0) is 0 Å². The first-order valence-electron chi connectivity index (χ1n) is 5.35. The second-order valence-electron chi connectivity index (χ2n) is 4.07. The van der Waals surface area contributed by atoms with Gasteiger partial charge in [-0.15, -0.1) is 11.8 Å². The Kier molecular flexibility index (Phi) is 3.19. The molecule has 1 atom stereocenters. The predicted molar refractivity (Wildman–Crippen MR) is 65.2 cm³/mol. The molecule has 86 valence electrons. The molecular weight excluding hydrogens is 222 g/mol. The van der Waals surface area contributed by atoms with E-state index in [4.69, 9.17) is 4.74 Å². The fourth-order valence-electron chi connectivity index (χ4n) is 1.93. The lowest BCUT2D eigenvalue weighted by Gasteiger charge is -2.21. The molecule has 3 nitrogen and oxygen atoms in total. The van der Waals surface area contributed by atoms with Crippen molar-refractivity contribution in [1.82, 2.24) is 4.98 Å². The zero-order valence-corrected chi connectivity index (χ0v) is 10.3. The minimum atomic E-state index is -0.318. The Bertz CT molecular complexity index is 400.